The molecule has 4 heteroatoms. The molecule has 1 aliphatic heterocycles. The quantitative estimate of drug-likeness (QED) is 0.839. The van der Waals surface area contributed by atoms with Crippen molar-refractivity contribution in [1.82, 2.24) is 10.2 Å². The Hall–Kier alpha value is -0.220. The molecule has 1 amide bonds. The number of rotatable bonds is 3. The van der Waals surface area contributed by atoms with Gasteiger partial charge in [-0.3, -0.25) is 10.1 Å². The zero-order valence-electron chi connectivity index (χ0n) is 10.9. The standard InChI is InChI=1S/C13H24N2OS/c1-3-10-4-6-11(7-5-10)15(2)13(16)12-8-17-9-14-12/h10-12,14H,3-9H2,1-2H3. The molecule has 3 nitrogen and oxygen atoms in total. The van der Waals surface area contributed by atoms with E-state index in [2.05, 4.69) is 12.2 Å². The molecule has 1 aliphatic carbocycles. The van der Waals surface area contributed by atoms with Crippen molar-refractivity contribution in [2.24, 2.45) is 5.92 Å². The van der Waals surface area contributed by atoms with E-state index < -0.39 is 0 Å². The van der Waals surface area contributed by atoms with E-state index in [0.29, 0.717) is 11.9 Å². The number of hydrogen-bond donors (Lipinski definition) is 1. The van der Waals surface area contributed by atoms with Crippen LogP contribution in [-0.4, -0.2) is 41.6 Å². The summed E-state index contributed by atoms with van der Waals surface area (Å²) in [5.74, 6) is 3.06. The zero-order valence-corrected chi connectivity index (χ0v) is 11.8. The Labute approximate surface area is 109 Å². The molecular weight excluding hydrogens is 232 g/mol. The molecule has 2 aliphatic rings. The third-order valence-corrected chi connectivity index (χ3v) is 5.24. The third kappa shape index (κ3) is 3.16. The maximum atomic E-state index is 12.2. The first-order valence-corrected chi connectivity index (χ1v) is 7.95. The molecule has 98 valence electrons. The van der Waals surface area contributed by atoms with Crippen LogP contribution in [-0.2, 0) is 4.79 Å². The van der Waals surface area contributed by atoms with Crippen LogP contribution in [0.3, 0.4) is 0 Å². The topological polar surface area (TPSA) is 32.3 Å². The van der Waals surface area contributed by atoms with Crippen molar-refractivity contribution in [2.75, 3.05) is 18.7 Å². The monoisotopic (exact) mass is 256 g/mol. The minimum Gasteiger partial charge on any atom is -0.341 e. The number of carbonyl (C=O) groups excluding carboxylic acids is 1. The highest BCUT2D eigenvalue weighted by atomic mass is 32.2. The number of carbonyl (C=O) groups is 1. The first kappa shape index (κ1) is 13.2. The lowest BCUT2D eigenvalue weighted by Crippen LogP contribution is -2.48. The Morgan fingerprint density at radius 3 is 2.59 bits per heavy atom. The molecule has 0 aromatic carbocycles. The van der Waals surface area contributed by atoms with Gasteiger partial charge < -0.3 is 4.90 Å². The van der Waals surface area contributed by atoms with E-state index in [-0.39, 0.29) is 6.04 Å². The van der Waals surface area contributed by atoms with Crippen molar-refractivity contribution in [2.45, 2.75) is 51.1 Å². The van der Waals surface area contributed by atoms with Crippen LogP contribution in [0.4, 0.5) is 0 Å². The van der Waals surface area contributed by atoms with Crippen molar-refractivity contribution in [3.63, 3.8) is 0 Å². The van der Waals surface area contributed by atoms with E-state index >= 15 is 0 Å². The highest BCUT2D eigenvalue weighted by Gasteiger charge is 2.31. The molecule has 1 heterocycles. The van der Waals surface area contributed by atoms with Crippen molar-refractivity contribution in [3.8, 4) is 0 Å². The van der Waals surface area contributed by atoms with Crippen LogP contribution in [0, 0.1) is 5.92 Å². The van der Waals surface area contributed by atoms with E-state index in [1.807, 2.05) is 23.7 Å². The molecule has 0 aromatic heterocycles. The van der Waals surface area contributed by atoms with Crippen molar-refractivity contribution in [3.05, 3.63) is 0 Å². The Morgan fingerprint density at radius 1 is 1.35 bits per heavy atom. The van der Waals surface area contributed by atoms with Gasteiger partial charge in [-0.1, -0.05) is 13.3 Å². The molecular formula is C13H24N2OS. The molecule has 0 bridgehead atoms. The van der Waals surface area contributed by atoms with Gasteiger partial charge in [0.2, 0.25) is 5.91 Å². The second kappa shape index (κ2) is 6.10. The highest BCUT2D eigenvalue weighted by molar-refractivity contribution is 7.99. The normalized spacial score (nSPS) is 33.6. The fourth-order valence-electron chi connectivity index (χ4n) is 2.92. The van der Waals surface area contributed by atoms with Gasteiger partial charge in [0.1, 0.15) is 0 Å². The predicted molar refractivity (Wildman–Crippen MR) is 73.1 cm³/mol. The first-order valence-electron chi connectivity index (χ1n) is 6.80. The SMILES string of the molecule is CCC1CCC(N(C)C(=O)C2CSCN2)CC1. The van der Waals surface area contributed by atoms with Gasteiger partial charge in [0, 0.05) is 24.7 Å². The number of likely N-dealkylation sites (N-methyl/N-ethyl adjacent to an activating group) is 1. The minimum atomic E-state index is 0.0638. The molecule has 1 saturated carbocycles. The molecule has 17 heavy (non-hydrogen) atoms. The second-order valence-electron chi connectivity index (χ2n) is 5.30. The molecule has 1 saturated heterocycles. The summed E-state index contributed by atoms with van der Waals surface area (Å²) in [5, 5.41) is 3.27. The number of nitrogens with one attached hydrogen (secondary N) is 1. The van der Waals surface area contributed by atoms with Crippen LogP contribution >= 0.6 is 11.8 Å². The first-order chi connectivity index (χ1) is 8.22. The van der Waals surface area contributed by atoms with Crippen LogP contribution in [0.2, 0.25) is 0 Å². The number of amides is 1. The van der Waals surface area contributed by atoms with Gasteiger partial charge in [-0.2, -0.15) is 0 Å². The summed E-state index contributed by atoms with van der Waals surface area (Å²) in [6.45, 7) is 2.28. The van der Waals surface area contributed by atoms with Crippen LogP contribution in [0.15, 0.2) is 0 Å². The highest BCUT2D eigenvalue weighted by Crippen LogP contribution is 2.29. The van der Waals surface area contributed by atoms with Crippen molar-refractivity contribution < 1.29 is 4.79 Å². The van der Waals surface area contributed by atoms with Gasteiger partial charge in [0.05, 0.1) is 6.04 Å². The van der Waals surface area contributed by atoms with E-state index in [0.717, 1.165) is 17.5 Å². The minimum absolute atomic E-state index is 0.0638. The maximum Gasteiger partial charge on any atom is 0.240 e. The maximum absolute atomic E-state index is 12.2. The average Bonchev–Trinajstić information content (AvgIpc) is 2.91. The molecule has 1 unspecified atom stereocenters. The molecule has 0 spiro atoms. The van der Waals surface area contributed by atoms with Crippen LogP contribution < -0.4 is 5.32 Å². The summed E-state index contributed by atoms with van der Waals surface area (Å²) >= 11 is 1.82. The van der Waals surface area contributed by atoms with E-state index in [1.165, 1.54) is 32.1 Å². The number of thioether (sulfide) groups is 1. The molecule has 0 aromatic rings. The molecule has 2 rings (SSSR count). The molecule has 0 radical (unpaired) electrons. The Kier molecular flexibility index (Phi) is 4.74. The molecule has 2 fully saturated rings. The average molecular weight is 256 g/mol. The van der Waals surface area contributed by atoms with Gasteiger partial charge >= 0.3 is 0 Å². The van der Waals surface area contributed by atoms with Gasteiger partial charge in [-0.15, -0.1) is 11.8 Å². The lowest BCUT2D eigenvalue weighted by Gasteiger charge is -2.35. The van der Waals surface area contributed by atoms with Crippen LogP contribution in [0.25, 0.3) is 0 Å². The smallest absolute Gasteiger partial charge is 0.240 e. The van der Waals surface area contributed by atoms with Gasteiger partial charge in [-0.25, -0.2) is 0 Å². The summed E-state index contributed by atoms with van der Waals surface area (Å²) in [7, 11) is 1.99. The van der Waals surface area contributed by atoms with E-state index in [9.17, 15) is 4.79 Å². The summed E-state index contributed by atoms with van der Waals surface area (Å²) < 4.78 is 0. The largest absolute Gasteiger partial charge is 0.341 e. The Bertz CT molecular complexity index is 258. The van der Waals surface area contributed by atoms with Crippen LogP contribution in [0.5, 0.6) is 0 Å². The molecule has 1 N–H and O–H groups in total. The summed E-state index contributed by atoms with van der Waals surface area (Å²) in [4.78, 5) is 14.3. The predicted octanol–water partition coefficient (Wildman–Crippen LogP) is 2.08. The lowest BCUT2D eigenvalue weighted by molar-refractivity contribution is -0.134. The fraction of sp³-hybridized carbons (Fsp3) is 0.923. The Balaban J connectivity index is 1.83. The summed E-state index contributed by atoms with van der Waals surface area (Å²) in [6, 6.07) is 0.548. The zero-order chi connectivity index (χ0) is 12.3. The van der Waals surface area contributed by atoms with Gasteiger partial charge in [0.25, 0.3) is 0 Å². The summed E-state index contributed by atoms with van der Waals surface area (Å²) in [5.41, 5.74) is 0. The number of nitrogens with zero attached hydrogens (tertiary/aromatic N) is 1. The lowest BCUT2D eigenvalue weighted by atomic mass is 9.84. The van der Waals surface area contributed by atoms with E-state index in [4.69, 9.17) is 0 Å². The number of hydrogen-bond acceptors (Lipinski definition) is 3. The van der Waals surface area contributed by atoms with Gasteiger partial charge in [-0.05, 0) is 31.6 Å². The van der Waals surface area contributed by atoms with E-state index in [1.54, 1.807) is 0 Å². The second-order valence-corrected chi connectivity index (χ2v) is 6.33. The summed E-state index contributed by atoms with van der Waals surface area (Å²) in [6.07, 6.45) is 6.28. The van der Waals surface area contributed by atoms with Crippen molar-refractivity contribution >= 4 is 17.7 Å². The van der Waals surface area contributed by atoms with Crippen molar-refractivity contribution in [1.29, 1.82) is 0 Å². The fourth-order valence-corrected chi connectivity index (χ4v) is 3.85. The van der Waals surface area contributed by atoms with Gasteiger partial charge in [0.15, 0.2) is 0 Å². The Morgan fingerprint density at radius 2 is 2.06 bits per heavy atom. The third-order valence-electron chi connectivity index (χ3n) is 4.30. The van der Waals surface area contributed by atoms with Crippen LogP contribution in [0.1, 0.15) is 39.0 Å². The molecule has 1 atom stereocenters.